The predicted octanol–water partition coefficient (Wildman–Crippen LogP) is 4.16. The number of hydrogen-bond acceptors (Lipinski definition) is 6. The molecule has 4 aromatic rings. The number of carbonyl (C=O) groups is 2. The molecule has 0 bridgehead atoms. The molecule has 3 aromatic heterocycles. The molecular weight excluding hydrogens is 420 g/mol. The molecule has 0 aliphatic rings. The van der Waals surface area contributed by atoms with Crippen molar-refractivity contribution in [1.29, 1.82) is 0 Å². The first-order valence-corrected chi connectivity index (χ1v) is 11.2. The van der Waals surface area contributed by atoms with Crippen LogP contribution in [0.15, 0.2) is 63.5 Å². The third kappa shape index (κ3) is 4.74. The Bertz CT molecular complexity index is 1160. The highest BCUT2D eigenvalue weighted by molar-refractivity contribution is 8.00. The van der Waals surface area contributed by atoms with E-state index in [0.717, 1.165) is 15.8 Å². The first-order valence-electron chi connectivity index (χ1n) is 9.36. The molecule has 0 spiro atoms. The molecule has 0 aliphatic heterocycles. The summed E-state index contributed by atoms with van der Waals surface area (Å²) in [7, 11) is 0. The Labute approximate surface area is 181 Å². The van der Waals surface area contributed by atoms with Gasteiger partial charge in [0.25, 0.3) is 5.91 Å². The van der Waals surface area contributed by atoms with Gasteiger partial charge in [-0.2, -0.15) is 0 Å². The predicted molar refractivity (Wildman–Crippen MR) is 119 cm³/mol. The van der Waals surface area contributed by atoms with E-state index >= 15 is 0 Å². The molecule has 0 aliphatic carbocycles. The summed E-state index contributed by atoms with van der Waals surface area (Å²) in [4.78, 5) is 26.1. The van der Waals surface area contributed by atoms with E-state index in [1.54, 1.807) is 13.0 Å². The SMILES string of the molecule is Cc1cc(NC(=O)CSc2cn(CCNC(=O)c3cccs3)c3ccccc23)no1. The highest BCUT2D eigenvalue weighted by Gasteiger charge is 2.12. The van der Waals surface area contributed by atoms with Gasteiger partial charge in [0.05, 0.1) is 10.6 Å². The molecule has 1 aromatic carbocycles. The lowest BCUT2D eigenvalue weighted by Gasteiger charge is -2.06. The lowest BCUT2D eigenvalue weighted by Crippen LogP contribution is -2.26. The van der Waals surface area contributed by atoms with Gasteiger partial charge < -0.3 is 19.7 Å². The highest BCUT2D eigenvalue weighted by atomic mass is 32.2. The second kappa shape index (κ2) is 9.19. The van der Waals surface area contributed by atoms with Crippen molar-refractivity contribution in [2.45, 2.75) is 18.4 Å². The first-order chi connectivity index (χ1) is 14.6. The summed E-state index contributed by atoms with van der Waals surface area (Å²) in [6, 6.07) is 13.4. The van der Waals surface area contributed by atoms with Gasteiger partial charge in [-0.3, -0.25) is 9.59 Å². The number of amides is 2. The minimum Gasteiger partial charge on any atom is -0.360 e. The minimum absolute atomic E-state index is 0.0594. The number of carbonyl (C=O) groups excluding carboxylic acids is 2. The van der Waals surface area contributed by atoms with Gasteiger partial charge in [0.2, 0.25) is 5.91 Å². The second-order valence-electron chi connectivity index (χ2n) is 6.60. The Morgan fingerprint density at radius 2 is 2.10 bits per heavy atom. The van der Waals surface area contributed by atoms with E-state index in [9.17, 15) is 9.59 Å². The van der Waals surface area contributed by atoms with Crippen LogP contribution in [0, 0.1) is 6.92 Å². The Hall–Kier alpha value is -3.04. The molecular formula is C21H20N4O3S2. The van der Waals surface area contributed by atoms with Gasteiger partial charge in [-0.05, 0) is 24.4 Å². The zero-order valence-electron chi connectivity index (χ0n) is 16.3. The summed E-state index contributed by atoms with van der Waals surface area (Å²) < 4.78 is 7.07. The molecule has 9 heteroatoms. The lowest BCUT2D eigenvalue weighted by atomic mass is 10.2. The summed E-state index contributed by atoms with van der Waals surface area (Å²) in [6.45, 7) is 2.93. The molecule has 0 radical (unpaired) electrons. The number of para-hydroxylation sites is 1. The van der Waals surface area contributed by atoms with Crippen LogP contribution in [0.2, 0.25) is 0 Å². The van der Waals surface area contributed by atoms with E-state index in [0.29, 0.717) is 29.5 Å². The molecule has 7 nitrogen and oxygen atoms in total. The number of aryl methyl sites for hydroxylation is 1. The van der Waals surface area contributed by atoms with E-state index < -0.39 is 0 Å². The lowest BCUT2D eigenvalue weighted by molar-refractivity contribution is -0.113. The Balaban J connectivity index is 1.39. The first kappa shape index (κ1) is 20.2. The van der Waals surface area contributed by atoms with Gasteiger partial charge in [0, 0.05) is 41.2 Å². The third-order valence-electron chi connectivity index (χ3n) is 4.39. The largest absolute Gasteiger partial charge is 0.360 e. The molecule has 30 heavy (non-hydrogen) atoms. The zero-order chi connectivity index (χ0) is 20.9. The summed E-state index contributed by atoms with van der Waals surface area (Å²) >= 11 is 2.89. The quantitative estimate of drug-likeness (QED) is 0.402. The maximum absolute atomic E-state index is 12.2. The normalized spacial score (nSPS) is 11.0. The van der Waals surface area contributed by atoms with E-state index in [2.05, 4.69) is 20.4 Å². The second-order valence-corrected chi connectivity index (χ2v) is 8.56. The number of rotatable bonds is 8. The van der Waals surface area contributed by atoms with Gasteiger partial charge in [-0.15, -0.1) is 23.1 Å². The van der Waals surface area contributed by atoms with Crippen molar-refractivity contribution in [2.75, 3.05) is 17.6 Å². The van der Waals surface area contributed by atoms with Crippen LogP contribution >= 0.6 is 23.1 Å². The fourth-order valence-corrected chi connectivity index (χ4v) is 4.57. The Morgan fingerprint density at radius 3 is 2.87 bits per heavy atom. The fourth-order valence-electron chi connectivity index (χ4n) is 3.05. The summed E-state index contributed by atoms with van der Waals surface area (Å²) in [6.07, 6.45) is 2.03. The number of thioether (sulfide) groups is 1. The van der Waals surface area contributed by atoms with Crippen LogP contribution in [0.25, 0.3) is 10.9 Å². The van der Waals surface area contributed by atoms with Gasteiger partial charge in [-0.25, -0.2) is 0 Å². The molecule has 0 fully saturated rings. The number of nitrogens with zero attached hydrogens (tertiary/aromatic N) is 2. The van der Waals surface area contributed by atoms with Crippen LogP contribution in [0.4, 0.5) is 5.82 Å². The standard InChI is InChI=1S/C21H20N4O3S2/c1-14-11-19(24-28-14)23-20(26)13-30-18-12-25(16-6-3-2-5-15(16)18)9-8-22-21(27)17-7-4-10-29-17/h2-7,10-12H,8-9,13H2,1H3,(H,22,27)(H,23,24,26). The average Bonchev–Trinajstić information content (AvgIpc) is 3.48. The van der Waals surface area contributed by atoms with Gasteiger partial charge in [0.15, 0.2) is 5.82 Å². The number of benzene rings is 1. The maximum Gasteiger partial charge on any atom is 0.261 e. The maximum atomic E-state index is 12.2. The van der Waals surface area contributed by atoms with Crippen molar-refractivity contribution in [3.8, 4) is 0 Å². The molecule has 154 valence electrons. The molecule has 3 heterocycles. The highest BCUT2D eigenvalue weighted by Crippen LogP contribution is 2.30. The Morgan fingerprint density at radius 1 is 1.23 bits per heavy atom. The number of aromatic nitrogens is 2. The Kier molecular flexibility index (Phi) is 6.20. The van der Waals surface area contributed by atoms with Crippen LogP contribution in [-0.4, -0.2) is 33.8 Å². The van der Waals surface area contributed by atoms with Crippen molar-refractivity contribution in [3.63, 3.8) is 0 Å². The van der Waals surface area contributed by atoms with Gasteiger partial charge in [0.1, 0.15) is 5.76 Å². The van der Waals surface area contributed by atoms with Crippen molar-refractivity contribution >= 4 is 51.6 Å². The van der Waals surface area contributed by atoms with E-state index in [1.807, 2.05) is 48.0 Å². The van der Waals surface area contributed by atoms with Gasteiger partial charge in [-0.1, -0.05) is 29.4 Å². The number of fused-ring (bicyclic) bond motifs is 1. The smallest absolute Gasteiger partial charge is 0.261 e. The molecule has 0 saturated heterocycles. The van der Waals surface area contributed by atoms with Crippen LogP contribution in [0.3, 0.4) is 0 Å². The average molecular weight is 441 g/mol. The van der Waals surface area contributed by atoms with Crippen LogP contribution < -0.4 is 10.6 Å². The number of hydrogen-bond donors (Lipinski definition) is 2. The third-order valence-corrected chi connectivity index (χ3v) is 6.30. The van der Waals surface area contributed by atoms with Gasteiger partial charge >= 0.3 is 0 Å². The molecule has 0 unspecified atom stereocenters. The number of thiophene rings is 1. The van der Waals surface area contributed by atoms with E-state index in [-0.39, 0.29) is 17.6 Å². The number of anilines is 1. The number of nitrogens with one attached hydrogen (secondary N) is 2. The van der Waals surface area contributed by atoms with Crippen molar-refractivity contribution in [2.24, 2.45) is 0 Å². The summed E-state index contributed by atoms with van der Waals surface area (Å²) in [5.74, 6) is 1.12. The summed E-state index contributed by atoms with van der Waals surface area (Å²) in [5, 5.41) is 12.4. The molecule has 2 N–H and O–H groups in total. The fraction of sp³-hybridized carbons (Fsp3) is 0.190. The molecule has 0 saturated carbocycles. The van der Waals surface area contributed by atoms with Crippen LogP contribution in [0.1, 0.15) is 15.4 Å². The van der Waals surface area contributed by atoms with Crippen molar-refractivity contribution in [1.82, 2.24) is 15.0 Å². The van der Waals surface area contributed by atoms with Crippen LogP contribution in [-0.2, 0) is 11.3 Å². The van der Waals surface area contributed by atoms with E-state index in [4.69, 9.17) is 4.52 Å². The van der Waals surface area contributed by atoms with Crippen molar-refractivity contribution in [3.05, 3.63) is 64.7 Å². The monoisotopic (exact) mass is 440 g/mol. The molecule has 4 rings (SSSR count). The zero-order valence-corrected chi connectivity index (χ0v) is 17.9. The molecule has 0 atom stereocenters. The van der Waals surface area contributed by atoms with Crippen LogP contribution in [0.5, 0.6) is 0 Å². The van der Waals surface area contributed by atoms with E-state index in [1.165, 1.54) is 23.1 Å². The minimum atomic E-state index is -0.145. The molecule has 2 amide bonds. The van der Waals surface area contributed by atoms with Crippen molar-refractivity contribution < 1.29 is 14.1 Å². The summed E-state index contributed by atoms with van der Waals surface area (Å²) in [5.41, 5.74) is 1.07. The topological polar surface area (TPSA) is 89.2 Å².